The number of aliphatic hydroxyl groups excluding tert-OH is 1. The van der Waals surface area contributed by atoms with Crippen molar-refractivity contribution >= 4 is 27.3 Å². The number of hydrogen-bond acceptors (Lipinski definition) is 3. The van der Waals surface area contributed by atoms with Gasteiger partial charge < -0.3 is 5.11 Å². The summed E-state index contributed by atoms with van der Waals surface area (Å²) in [5.41, 5.74) is 2.29. The van der Waals surface area contributed by atoms with Crippen LogP contribution in [0.5, 0.6) is 0 Å². The molecule has 6 heteroatoms. The fourth-order valence-corrected chi connectivity index (χ4v) is 4.27. The van der Waals surface area contributed by atoms with Crippen LogP contribution in [0, 0.1) is 0 Å². The number of rotatable bonds is 5. The SMILES string of the molecule is CC(C)(C)c1ccc(S(=O)(=O)Nc2ccc(Cl)cc2C(O)c2ccccc2)cc1. The van der Waals surface area contributed by atoms with Crippen molar-refractivity contribution in [3.05, 3.63) is 94.5 Å². The van der Waals surface area contributed by atoms with Gasteiger partial charge in [0, 0.05) is 10.6 Å². The summed E-state index contributed by atoms with van der Waals surface area (Å²) in [6, 6.07) is 20.5. The van der Waals surface area contributed by atoms with Crippen LogP contribution in [0.15, 0.2) is 77.7 Å². The number of benzene rings is 3. The van der Waals surface area contributed by atoms with E-state index >= 15 is 0 Å². The normalized spacial score (nSPS) is 13.1. The zero-order valence-corrected chi connectivity index (χ0v) is 18.1. The quantitative estimate of drug-likeness (QED) is 0.561. The van der Waals surface area contributed by atoms with E-state index in [-0.39, 0.29) is 16.0 Å². The third kappa shape index (κ3) is 4.99. The first-order valence-electron chi connectivity index (χ1n) is 9.24. The van der Waals surface area contributed by atoms with E-state index in [0.717, 1.165) is 5.56 Å². The van der Waals surface area contributed by atoms with Crippen LogP contribution in [-0.2, 0) is 15.4 Å². The van der Waals surface area contributed by atoms with Crippen LogP contribution in [0.25, 0.3) is 0 Å². The van der Waals surface area contributed by atoms with E-state index in [0.29, 0.717) is 16.1 Å². The maximum absolute atomic E-state index is 12.9. The van der Waals surface area contributed by atoms with Crippen LogP contribution in [0.2, 0.25) is 5.02 Å². The average molecular weight is 430 g/mol. The van der Waals surface area contributed by atoms with Gasteiger partial charge in [0.25, 0.3) is 10.0 Å². The molecule has 0 aliphatic carbocycles. The predicted octanol–water partition coefficient (Wildman–Crippen LogP) is 5.52. The molecule has 0 aromatic heterocycles. The molecule has 0 fully saturated rings. The summed E-state index contributed by atoms with van der Waals surface area (Å²) in [5.74, 6) is 0. The van der Waals surface area contributed by atoms with Crippen LogP contribution < -0.4 is 4.72 Å². The molecule has 1 atom stereocenters. The number of sulfonamides is 1. The highest BCUT2D eigenvalue weighted by Crippen LogP contribution is 2.32. The maximum Gasteiger partial charge on any atom is 0.261 e. The molecule has 3 aromatic rings. The van der Waals surface area contributed by atoms with Crippen molar-refractivity contribution in [2.24, 2.45) is 0 Å². The minimum Gasteiger partial charge on any atom is -0.384 e. The molecule has 3 rings (SSSR count). The van der Waals surface area contributed by atoms with Crippen LogP contribution in [0.3, 0.4) is 0 Å². The van der Waals surface area contributed by atoms with Gasteiger partial charge in [0.1, 0.15) is 6.10 Å². The first kappa shape index (κ1) is 21.4. The van der Waals surface area contributed by atoms with Crippen LogP contribution >= 0.6 is 11.6 Å². The summed E-state index contributed by atoms with van der Waals surface area (Å²) in [6.45, 7) is 6.21. The van der Waals surface area contributed by atoms with Crippen molar-refractivity contribution in [2.75, 3.05) is 4.72 Å². The average Bonchev–Trinajstić information content (AvgIpc) is 2.69. The Kier molecular flexibility index (Phi) is 6.03. The van der Waals surface area contributed by atoms with Crippen LogP contribution in [0.4, 0.5) is 5.69 Å². The molecule has 4 nitrogen and oxygen atoms in total. The Morgan fingerprint density at radius 3 is 2.14 bits per heavy atom. The second kappa shape index (κ2) is 8.19. The molecule has 2 N–H and O–H groups in total. The lowest BCUT2D eigenvalue weighted by Crippen LogP contribution is -2.16. The van der Waals surface area contributed by atoms with Crippen molar-refractivity contribution in [3.8, 4) is 0 Å². The zero-order valence-electron chi connectivity index (χ0n) is 16.6. The molecule has 152 valence electrons. The Morgan fingerprint density at radius 1 is 0.931 bits per heavy atom. The summed E-state index contributed by atoms with van der Waals surface area (Å²) >= 11 is 6.11. The molecule has 1 unspecified atom stereocenters. The van der Waals surface area contributed by atoms with Gasteiger partial charge >= 0.3 is 0 Å². The van der Waals surface area contributed by atoms with E-state index in [2.05, 4.69) is 25.5 Å². The monoisotopic (exact) mass is 429 g/mol. The lowest BCUT2D eigenvalue weighted by atomic mass is 9.87. The first-order chi connectivity index (χ1) is 13.6. The fourth-order valence-electron chi connectivity index (χ4n) is 3.01. The molecule has 0 saturated heterocycles. The smallest absolute Gasteiger partial charge is 0.261 e. The van der Waals surface area contributed by atoms with Gasteiger partial charge in [-0.1, -0.05) is 74.8 Å². The van der Waals surface area contributed by atoms with Gasteiger partial charge in [-0.15, -0.1) is 0 Å². The Hall–Kier alpha value is -2.34. The Labute approximate surface area is 177 Å². The van der Waals surface area contributed by atoms with Gasteiger partial charge in [-0.25, -0.2) is 8.42 Å². The standard InChI is InChI=1S/C23H24ClNO3S/c1-23(2,3)17-9-12-19(13-10-17)29(27,28)25-21-14-11-18(24)15-20(21)22(26)16-7-5-4-6-8-16/h4-15,22,25-26H,1-3H3. The molecule has 0 spiro atoms. The van der Waals surface area contributed by atoms with E-state index < -0.39 is 16.1 Å². The lowest BCUT2D eigenvalue weighted by molar-refractivity contribution is 0.221. The maximum atomic E-state index is 12.9. The van der Waals surface area contributed by atoms with Crippen LogP contribution in [0.1, 0.15) is 43.6 Å². The summed E-state index contributed by atoms with van der Waals surface area (Å²) in [7, 11) is -3.83. The van der Waals surface area contributed by atoms with E-state index in [1.165, 1.54) is 0 Å². The summed E-state index contributed by atoms with van der Waals surface area (Å²) < 4.78 is 28.5. The Bertz CT molecular complexity index is 1090. The Balaban J connectivity index is 1.95. The second-order valence-corrected chi connectivity index (χ2v) is 10.0. The van der Waals surface area contributed by atoms with Gasteiger partial charge in [0.05, 0.1) is 10.6 Å². The minimum atomic E-state index is -3.83. The summed E-state index contributed by atoms with van der Waals surface area (Å²) in [6.07, 6.45) is -1.02. The number of aliphatic hydroxyl groups is 1. The van der Waals surface area contributed by atoms with E-state index in [4.69, 9.17) is 11.6 Å². The minimum absolute atomic E-state index is 0.0706. The molecule has 0 saturated carbocycles. The lowest BCUT2D eigenvalue weighted by Gasteiger charge is -2.20. The zero-order chi connectivity index (χ0) is 21.2. The molecule has 0 radical (unpaired) electrons. The van der Waals surface area contributed by atoms with E-state index in [1.54, 1.807) is 42.5 Å². The third-order valence-corrected chi connectivity index (χ3v) is 6.31. The van der Waals surface area contributed by atoms with Crippen molar-refractivity contribution in [1.29, 1.82) is 0 Å². The van der Waals surface area contributed by atoms with E-state index in [9.17, 15) is 13.5 Å². The van der Waals surface area contributed by atoms with Gasteiger partial charge in [-0.05, 0) is 46.9 Å². The number of halogens is 1. The molecular formula is C23H24ClNO3S. The molecular weight excluding hydrogens is 406 g/mol. The predicted molar refractivity (Wildman–Crippen MR) is 118 cm³/mol. The van der Waals surface area contributed by atoms with Gasteiger partial charge in [-0.3, -0.25) is 4.72 Å². The van der Waals surface area contributed by atoms with Crippen molar-refractivity contribution < 1.29 is 13.5 Å². The number of nitrogens with one attached hydrogen (secondary N) is 1. The molecule has 0 aliphatic heterocycles. The van der Waals surface area contributed by atoms with Gasteiger partial charge in [-0.2, -0.15) is 0 Å². The topological polar surface area (TPSA) is 66.4 Å². The highest BCUT2D eigenvalue weighted by atomic mass is 35.5. The number of hydrogen-bond donors (Lipinski definition) is 2. The molecule has 29 heavy (non-hydrogen) atoms. The van der Waals surface area contributed by atoms with Crippen molar-refractivity contribution in [2.45, 2.75) is 37.2 Å². The van der Waals surface area contributed by atoms with Crippen LogP contribution in [-0.4, -0.2) is 13.5 Å². The van der Waals surface area contributed by atoms with E-state index in [1.807, 2.05) is 30.3 Å². The molecule has 3 aromatic carbocycles. The second-order valence-electron chi connectivity index (χ2n) is 7.92. The fraction of sp³-hybridized carbons (Fsp3) is 0.217. The van der Waals surface area contributed by atoms with Gasteiger partial charge in [0.15, 0.2) is 0 Å². The summed E-state index contributed by atoms with van der Waals surface area (Å²) in [4.78, 5) is 0.153. The van der Waals surface area contributed by atoms with Crippen molar-refractivity contribution in [1.82, 2.24) is 0 Å². The number of anilines is 1. The Morgan fingerprint density at radius 2 is 1.55 bits per heavy atom. The molecule has 0 bridgehead atoms. The third-order valence-electron chi connectivity index (χ3n) is 4.70. The van der Waals surface area contributed by atoms with Gasteiger partial charge in [0.2, 0.25) is 0 Å². The highest BCUT2D eigenvalue weighted by Gasteiger charge is 2.21. The largest absolute Gasteiger partial charge is 0.384 e. The van der Waals surface area contributed by atoms with Crippen molar-refractivity contribution in [3.63, 3.8) is 0 Å². The molecule has 0 amide bonds. The summed E-state index contributed by atoms with van der Waals surface area (Å²) in [5, 5.41) is 11.2. The molecule has 0 aliphatic rings. The molecule has 0 heterocycles. The highest BCUT2D eigenvalue weighted by molar-refractivity contribution is 7.92. The first-order valence-corrected chi connectivity index (χ1v) is 11.1.